The molecule has 0 radical (unpaired) electrons. The normalized spacial score (nSPS) is 49.1. The van der Waals surface area contributed by atoms with Crippen molar-refractivity contribution in [3.8, 4) is 0 Å². The Hall–Kier alpha value is -0.640. The second kappa shape index (κ2) is 6.02. The first-order valence-corrected chi connectivity index (χ1v) is 9.14. The first-order valence-electron chi connectivity index (χ1n) is 9.14. The number of aliphatic hydroxyl groups excluding tert-OH is 1. The van der Waals surface area contributed by atoms with E-state index in [-0.39, 0.29) is 23.4 Å². The van der Waals surface area contributed by atoms with Crippen LogP contribution in [-0.2, 0) is 9.47 Å². The summed E-state index contributed by atoms with van der Waals surface area (Å²) in [6.45, 7) is 10.9. The average molecular weight is 320 g/mol. The summed E-state index contributed by atoms with van der Waals surface area (Å²) in [5.41, 5.74) is 2.33. The number of epoxide rings is 2. The standard InChI is InChI=1S/C20H32O3/c1-13(2)15-11-16(21)20(5)17(23-20)9-8-14(3)7-6-10-19(4)18(12-15)22-19/h7,12-13,16-18,21H,6,8-11H2,1-5H3/b14-7+,15-12+/t16-,17-,18-,19-,20-/m0/s1. The fourth-order valence-electron chi connectivity index (χ4n) is 3.76. The predicted molar refractivity (Wildman–Crippen MR) is 92.3 cm³/mol. The van der Waals surface area contributed by atoms with Crippen LogP contribution in [0.5, 0.6) is 0 Å². The summed E-state index contributed by atoms with van der Waals surface area (Å²) < 4.78 is 11.9. The van der Waals surface area contributed by atoms with Gasteiger partial charge in [-0.15, -0.1) is 0 Å². The van der Waals surface area contributed by atoms with E-state index >= 15 is 0 Å². The van der Waals surface area contributed by atoms with Crippen molar-refractivity contribution in [3.63, 3.8) is 0 Å². The minimum Gasteiger partial charge on any atom is -0.390 e. The second-order valence-corrected chi connectivity index (χ2v) is 8.39. The van der Waals surface area contributed by atoms with Crippen LogP contribution in [0.2, 0.25) is 0 Å². The molecule has 2 aliphatic heterocycles. The molecule has 2 saturated heterocycles. The maximum Gasteiger partial charge on any atom is 0.118 e. The number of rotatable bonds is 1. The Balaban J connectivity index is 1.80. The number of allylic oxidation sites excluding steroid dienone is 2. The molecule has 130 valence electrons. The van der Waals surface area contributed by atoms with E-state index in [0.29, 0.717) is 12.3 Å². The van der Waals surface area contributed by atoms with Crippen molar-refractivity contribution in [3.05, 3.63) is 23.3 Å². The highest BCUT2D eigenvalue weighted by Gasteiger charge is 2.57. The quantitative estimate of drug-likeness (QED) is 0.583. The average Bonchev–Trinajstić information content (AvgIpc) is 3.32. The number of hydrogen-bond acceptors (Lipinski definition) is 3. The smallest absolute Gasteiger partial charge is 0.118 e. The Kier molecular flexibility index (Phi) is 4.50. The van der Waals surface area contributed by atoms with Gasteiger partial charge in [0, 0.05) is 0 Å². The van der Waals surface area contributed by atoms with Gasteiger partial charge in [0.1, 0.15) is 11.7 Å². The van der Waals surface area contributed by atoms with Crippen LogP contribution in [0.25, 0.3) is 0 Å². The van der Waals surface area contributed by atoms with Crippen molar-refractivity contribution in [2.45, 2.75) is 96.2 Å². The molecule has 2 heterocycles. The third-order valence-corrected chi connectivity index (χ3v) is 6.05. The molecule has 3 nitrogen and oxygen atoms in total. The molecule has 0 amide bonds. The van der Waals surface area contributed by atoms with E-state index < -0.39 is 6.10 Å². The predicted octanol–water partition coefficient (Wildman–Crippen LogP) is 4.16. The maximum absolute atomic E-state index is 10.7. The van der Waals surface area contributed by atoms with E-state index in [4.69, 9.17) is 9.47 Å². The number of fused-ring (bicyclic) bond motifs is 2. The zero-order chi connectivity index (χ0) is 16.8. The van der Waals surface area contributed by atoms with Crippen LogP contribution in [0, 0.1) is 5.92 Å². The lowest BCUT2D eigenvalue weighted by Crippen LogP contribution is -2.30. The molecule has 0 aromatic rings. The Morgan fingerprint density at radius 2 is 2.00 bits per heavy atom. The summed E-state index contributed by atoms with van der Waals surface area (Å²) in [4.78, 5) is 0. The van der Waals surface area contributed by atoms with E-state index in [1.165, 1.54) is 11.1 Å². The summed E-state index contributed by atoms with van der Waals surface area (Å²) in [6.07, 6.45) is 9.47. The molecule has 1 N–H and O–H groups in total. The van der Waals surface area contributed by atoms with Gasteiger partial charge in [0.2, 0.25) is 0 Å². The fraction of sp³-hybridized carbons (Fsp3) is 0.800. The van der Waals surface area contributed by atoms with Gasteiger partial charge in [-0.3, -0.25) is 0 Å². The lowest BCUT2D eigenvalue weighted by molar-refractivity contribution is 0.0833. The molecule has 3 heteroatoms. The number of hydrogen-bond donors (Lipinski definition) is 1. The molecule has 0 bridgehead atoms. The summed E-state index contributed by atoms with van der Waals surface area (Å²) in [7, 11) is 0. The summed E-state index contributed by atoms with van der Waals surface area (Å²) >= 11 is 0. The van der Waals surface area contributed by atoms with Gasteiger partial charge in [0.05, 0.1) is 17.8 Å². The van der Waals surface area contributed by atoms with Gasteiger partial charge in [-0.1, -0.05) is 37.1 Å². The van der Waals surface area contributed by atoms with E-state index in [1.807, 2.05) is 0 Å². The molecule has 3 rings (SSSR count). The van der Waals surface area contributed by atoms with Crippen LogP contribution < -0.4 is 0 Å². The van der Waals surface area contributed by atoms with E-state index in [2.05, 4.69) is 46.8 Å². The van der Waals surface area contributed by atoms with Crippen LogP contribution in [0.15, 0.2) is 23.3 Å². The Morgan fingerprint density at radius 1 is 1.26 bits per heavy atom. The van der Waals surface area contributed by atoms with Crippen LogP contribution >= 0.6 is 0 Å². The molecule has 23 heavy (non-hydrogen) atoms. The highest BCUT2D eigenvalue weighted by Crippen LogP contribution is 2.47. The van der Waals surface area contributed by atoms with Crippen LogP contribution in [-0.4, -0.2) is 34.6 Å². The molecule has 2 fully saturated rings. The molecule has 1 aliphatic carbocycles. The van der Waals surface area contributed by atoms with E-state index in [1.54, 1.807) is 0 Å². The fourth-order valence-corrected chi connectivity index (χ4v) is 3.76. The van der Waals surface area contributed by atoms with Gasteiger partial charge >= 0.3 is 0 Å². The third-order valence-electron chi connectivity index (χ3n) is 6.05. The molecule has 0 unspecified atom stereocenters. The van der Waals surface area contributed by atoms with Gasteiger partial charge in [-0.25, -0.2) is 0 Å². The van der Waals surface area contributed by atoms with Gasteiger partial charge in [-0.2, -0.15) is 0 Å². The molecule has 0 spiro atoms. The van der Waals surface area contributed by atoms with Crippen LogP contribution in [0.4, 0.5) is 0 Å². The largest absolute Gasteiger partial charge is 0.390 e. The minimum atomic E-state index is -0.432. The number of ether oxygens (including phenoxy) is 2. The molecular weight excluding hydrogens is 288 g/mol. The molecular formula is C20H32O3. The van der Waals surface area contributed by atoms with Crippen molar-refractivity contribution in [2.75, 3.05) is 0 Å². The third kappa shape index (κ3) is 3.57. The minimum absolute atomic E-state index is 0.0193. The lowest BCUT2D eigenvalue weighted by atomic mass is 9.87. The van der Waals surface area contributed by atoms with E-state index in [9.17, 15) is 5.11 Å². The SMILES string of the molecule is C/C1=C\CC[C@]2(C)O[C@H]2/C=C(/C(C)C)C[C@H](O)[C@]2(C)O[C@H]2CC1. The van der Waals surface area contributed by atoms with Crippen molar-refractivity contribution in [2.24, 2.45) is 5.92 Å². The van der Waals surface area contributed by atoms with E-state index in [0.717, 1.165) is 25.7 Å². The van der Waals surface area contributed by atoms with Gasteiger partial charge in [0.25, 0.3) is 0 Å². The summed E-state index contributed by atoms with van der Waals surface area (Å²) in [5.74, 6) is 0.425. The first-order chi connectivity index (χ1) is 10.7. The van der Waals surface area contributed by atoms with Crippen molar-refractivity contribution in [1.82, 2.24) is 0 Å². The first kappa shape index (κ1) is 17.2. The molecule has 0 saturated carbocycles. The molecule has 0 aromatic heterocycles. The highest BCUT2D eigenvalue weighted by molar-refractivity contribution is 5.21. The summed E-state index contributed by atoms with van der Waals surface area (Å²) in [5, 5.41) is 10.7. The molecule has 3 aliphatic rings. The maximum atomic E-state index is 10.7. The zero-order valence-corrected chi connectivity index (χ0v) is 15.3. The van der Waals surface area contributed by atoms with Crippen molar-refractivity contribution in [1.29, 1.82) is 0 Å². The van der Waals surface area contributed by atoms with Crippen molar-refractivity contribution >= 4 is 0 Å². The number of aliphatic hydroxyl groups is 1. The lowest BCUT2D eigenvalue weighted by Gasteiger charge is -2.20. The van der Waals surface area contributed by atoms with Gasteiger partial charge in [-0.05, 0) is 58.8 Å². The second-order valence-electron chi connectivity index (χ2n) is 8.39. The Bertz CT molecular complexity index is 521. The van der Waals surface area contributed by atoms with Gasteiger partial charge < -0.3 is 14.6 Å². The Morgan fingerprint density at radius 3 is 2.70 bits per heavy atom. The summed E-state index contributed by atoms with van der Waals surface area (Å²) in [6, 6.07) is 0. The van der Waals surface area contributed by atoms with Crippen LogP contribution in [0.1, 0.15) is 66.7 Å². The monoisotopic (exact) mass is 320 g/mol. The molecule has 5 atom stereocenters. The van der Waals surface area contributed by atoms with Crippen molar-refractivity contribution < 1.29 is 14.6 Å². The van der Waals surface area contributed by atoms with Gasteiger partial charge in [0.15, 0.2) is 0 Å². The zero-order valence-electron chi connectivity index (χ0n) is 15.3. The van der Waals surface area contributed by atoms with Crippen LogP contribution in [0.3, 0.4) is 0 Å². The molecule has 0 aromatic carbocycles. The topological polar surface area (TPSA) is 45.3 Å². The Labute approximate surface area is 140 Å². The highest BCUT2D eigenvalue weighted by atomic mass is 16.6.